The summed E-state index contributed by atoms with van der Waals surface area (Å²) in [5.74, 6) is -1.05. The topological polar surface area (TPSA) is 174 Å². The summed E-state index contributed by atoms with van der Waals surface area (Å²) in [6.45, 7) is -0.00463. The van der Waals surface area contributed by atoms with Gasteiger partial charge in [0.05, 0.1) is 5.69 Å². The standard InChI is InChI=1S/C8H11N3O3S.C3H8N2O2.Na/c1-11(2)8-5-3-7(4-6-8)9-10-15(12,13)14;4-1-2(5)3(6)7;/h3-6H,1-2H3,(H,12,13,14);2H,1,4-5H2,(H,6,7);/q;;+1/p-1/b10-9+;;. The average Bonchev–Trinajstić information content (AvgIpc) is 2.44. The Labute approximate surface area is 156 Å². The number of carbonyl (C=O) groups is 1. The summed E-state index contributed by atoms with van der Waals surface area (Å²) in [7, 11) is -0.904. The zero-order valence-corrected chi connectivity index (χ0v) is 15.9. The molecule has 10 nitrogen and oxygen atoms in total. The van der Waals surface area contributed by atoms with Gasteiger partial charge in [0.2, 0.25) is 10.3 Å². The minimum atomic E-state index is -4.65. The van der Waals surface area contributed by atoms with Gasteiger partial charge in [-0.05, 0) is 24.3 Å². The fourth-order valence-electron chi connectivity index (χ4n) is 1.02. The third-order valence-electron chi connectivity index (χ3n) is 2.19. The maximum absolute atomic E-state index is 10.2. The molecular weight excluding hydrogens is 337 g/mol. The first-order chi connectivity index (χ1) is 10.1. The summed E-state index contributed by atoms with van der Waals surface area (Å²) < 4.78 is 33.1. The second kappa shape index (κ2) is 11.5. The second-order valence-corrected chi connectivity index (χ2v) is 5.22. The molecule has 1 atom stereocenters. The van der Waals surface area contributed by atoms with Crippen LogP contribution in [0.2, 0.25) is 0 Å². The molecule has 0 aromatic heterocycles. The predicted octanol–water partition coefficient (Wildman–Crippen LogP) is -3.34. The van der Waals surface area contributed by atoms with E-state index in [0.29, 0.717) is 5.69 Å². The normalized spacial score (nSPS) is 11.9. The number of nitrogens with zero attached hydrogens (tertiary/aromatic N) is 3. The molecule has 1 aromatic rings. The first-order valence-corrected chi connectivity index (χ1v) is 7.28. The second-order valence-electron chi connectivity index (χ2n) is 4.20. The van der Waals surface area contributed by atoms with Crippen molar-refractivity contribution in [1.29, 1.82) is 0 Å². The number of carboxylic acid groups (broad SMARTS) is 1. The molecule has 1 unspecified atom stereocenters. The van der Waals surface area contributed by atoms with E-state index in [9.17, 15) is 17.8 Å². The first-order valence-electron chi connectivity index (χ1n) is 5.91. The Balaban J connectivity index is 0. The smallest absolute Gasteiger partial charge is 0.728 e. The average molecular weight is 355 g/mol. The molecule has 0 saturated heterocycles. The Morgan fingerprint density at radius 2 is 1.83 bits per heavy atom. The van der Waals surface area contributed by atoms with Gasteiger partial charge in [-0.3, -0.25) is 4.79 Å². The van der Waals surface area contributed by atoms with Crippen molar-refractivity contribution in [2.24, 2.45) is 21.1 Å². The van der Waals surface area contributed by atoms with Crippen molar-refractivity contribution in [2.45, 2.75) is 6.04 Å². The quantitative estimate of drug-likeness (QED) is 0.279. The molecule has 124 valence electrons. The maximum atomic E-state index is 10.2. The molecule has 0 bridgehead atoms. The van der Waals surface area contributed by atoms with Crippen LogP contribution in [0.5, 0.6) is 0 Å². The van der Waals surface area contributed by atoms with E-state index in [2.05, 4.69) is 9.63 Å². The van der Waals surface area contributed by atoms with Crippen molar-refractivity contribution in [3.05, 3.63) is 24.3 Å². The summed E-state index contributed by atoms with van der Waals surface area (Å²) in [4.78, 5) is 11.6. The van der Waals surface area contributed by atoms with Crippen LogP contribution in [-0.2, 0) is 15.1 Å². The summed E-state index contributed by atoms with van der Waals surface area (Å²) in [6, 6.07) is 5.73. The Bertz CT molecular complexity index is 606. The fraction of sp³-hybridized carbons (Fsp3) is 0.364. The molecule has 0 radical (unpaired) electrons. The van der Waals surface area contributed by atoms with Gasteiger partial charge >= 0.3 is 35.5 Å². The molecule has 0 aliphatic carbocycles. The van der Waals surface area contributed by atoms with Gasteiger partial charge in [0, 0.05) is 26.3 Å². The summed E-state index contributed by atoms with van der Waals surface area (Å²) in [5.41, 5.74) is 11.0. The Kier molecular flexibility index (Phi) is 12.0. The molecular formula is C11H18N5NaO5S. The molecule has 0 saturated carbocycles. The molecule has 0 aliphatic rings. The number of aliphatic carboxylic acids is 1. The van der Waals surface area contributed by atoms with Gasteiger partial charge in [-0.15, -0.1) is 5.11 Å². The molecule has 0 spiro atoms. The van der Waals surface area contributed by atoms with Gasteiger partial charge < -0.3 is 26.0 Å². The third-order valence-corrected chi connectivity index (χ3v) is 2.48. The Morgan fingerprint density at radius 3 is 2.09 bits per heavy atom. The maximum Gasteiger partial charge on any atom is 1.00 e. The molecule has 0 fully saturated rings. The number of anilines is 1. The van der Waals surface area contributed by atoms with E-state index in [1.54, 1.807) is 24.3 Å². The van der Waals surface area contributed by atoms with E-state index in [4.69, 9.17) is 16.6 Å². The molecule has 1 rings (SSSR count). The molecule has 1 aromatic carbocycles. The summed E-state index contributed by atoms with van der Waals surface area (Å²) >= 11 is 0. The molecule has 5 N–H and O–H groups in total. The fourth-order valence-corrected chi connectivity index (χ4v) is 1.21. The molecule has 23 heavy (non-hydrogen) atoms. The van der Waals surface area contributed by atoms with Gasteiger partial charge in [0.25, 0.3) is 0 Å². The molecule has 0 aliphatic heterocycles. The molecule has 0 heterocycles. The van der Waals surface area contributed by atoms with Crippen LogP contribution in [0.1, 0.15) is 0 Å². The van der Waals surface area contributed by atoms with Gasteiger partial charge in [-0.1, -0.05) is 4.52 Å². The Morgan fingerprint density at radius 1 is 1.35 bits per heavy atom. The van der Waals surface area contributed by atoms with Crippen molar-refractivity contribution in [3.63, 3.8) is 0 Å². The number of carboxylic acids is 1. The zero-order valence-electron chi connectivity index (χ0n) is 13.1. The summed E-state index contributed by atoms with van der Waals surface area (Å²) in [6.07, 6.45) is 0. The van der Waals surface area contributed by atoms with Crippen molar-refractivity contribution in [1.82, 2.24) is 0 Å². The minimum absolute atomic E-state index is 0. The van der Waals surface area contributed by atoms with Crippen molar-refractivity contribution >= 4 is 27.6 Å². The van der Waals surface area contributed by atoms with Gasteiger partial charge in [0.1, 0.15) is 6.04 Å². The monoisotopic (exact) mass is 355 g/mol. The van der Waals surface area contributed by atoms with Crippen LogP contribution in [0.4, 0.5) is 11.4 Å². The number of rotatable bonds is 5. The summed E-state index contributed by atoms with van der Waals surface area (Å²) in [5, 5.41) is 11.3. The van der Waals surface area contributed by atoms with E-state index >= 15 is 0 Å². The van der Waals surface area contributed by atoms with Crippen LogP contribution in [0.15, 0.2) is 33.9 Å². The van der Waals surface area contributed by atoms with Crippen LogP contribution in [0.3, 0.4) is 0 Å². The van der Waals surface area contributed by atoms with Crippen LogP contribution in [0, 0.1) is 0 Å². The largest absolute Gasteiger partial charge is 1.00 e. The van der Waals surface area contributed by atoms with E-state index in [1.807, 2.05) is 19.0 Å². The van der Waals surface area contributed by atoms with Gasteiger partial charge in [0.15, 0.2) is 0 Å². The van der Waals surface area contributed by atoms with Crippen molar-refractivity contribution < 1.29 is 52.4 Å². The predicted molar refractivity (Wildman–Crippen MR) is 79.6 cm³/mol. The zero-order chi connectivity index (χ0) is 17.3. The van der Waals surface area contributed by atoms with Crippen molar-refractivity contribution in [2.75, 3.05) is 25.5 Å². The SMILES string of the molecule is CN(C)c1ccc(/N=N/S(=O)(=O)[O-])cc1.NCC(N)C(=O)O.[Na+]. The van der Waals surface area contributed by atoms with Crippen LogP contribution >= 0.6 is 0 Å². The first kappa shape index (κ1) is 24.2. The van der Waals surface area contributed by atoms with Crippen LogP contribution < -0.4 is 45.9 Å². The van der Waals surface area contributed by atoms with Crippen molar-refractivity contribution in [3.8, 4) is 0 Å². The van der Waals surface area contributed by atoms with Crippen LogP contribution in [0.25, 0.3) is 0 Å². The number of nitrogens with two attached hydrogens (primary N) is 2. The molecule has 0 amide bonds. The number of hydrogen-bond acceptors (Lipinski definition) is 8. The number of benzene rings is 1. The van der Waals surface area contributed by atoms with E-state index in [1.165, 1.54) is 0 Å². The number of hydrogen-bond donors (Lipinski definition) is 3. The Hall–Kier alpha value is -1.08. The van der Waals surface area contributed by atoms with E-state index in [-0.39, 0.29) is 36.1 Å². The van der Waals surface area contributed by atoms with Crippen LogP contribution in [-0.4, -0.2) is 50.7 Å². The third kappa shape index (κ3) is 12.1. The molecule has 12 heteroatoms. The van der Waals surface area contributed by atoms with E-state index in [0.717, 1.165) is 5.69 Å². The van der Waals surface area contributed by atoms with Gasteiger partial charge in [-0.25, -0.2) is 8.42 Å². The minimum Gasteiger partial charge on any atom is -0.728 e. The van der Waals surface area contributed by atoms with Gasteiger partial charge in [-0.2, -0.15) is 0 Å². The van der Waals surface area contributed by atoms with E-state index < -0.39 is 22.3 Å².